The molecule has 2 aromatic carbocycles. The van der Waals surface area contributed by atoms with E-state index in [0.717, 1.165) is 11.8 Å². The van der Waals surface area contributed by atoms with Crippen molar-refractivity contribution in [3.05, 3.63) is 98.6 Å². The fraction of sp³-hybridized carbons (Fsp3) is 0.115. The van der Waals surface area contributed by atoms with E-state index in [2.05, 4.69) is 5.32 Å². The summed E-state index contributed by atoms with van der Waals surface area (Å²) in [5, 5.41) is 3.07. The van der Waals surface area contributed by atoms with Crippen LogP contribution in [0.4, 0.5) is 5.69 Å². The molecule has 1 amide bonds. The standard InChI is InChI=1S/C26H20N4O5S3/c1-34-24(33)18-11-5-6-12-19(18)27-20(31)15-37-25-28-22-21(23(32)30(25)16-8-3-2-4-9-16)38-26(36)29(22)14-17-10-7-13-35-17/h2-13H,14-15H2,1H3,(H,27,31). The lowest BCUT2D eigenvalue weighted by molar-refractivity contribution is -0.113. The number of hydrogen-bond donors (Lipinski definition) is 1. The minimum Gasteiger partial charge on any atom is -0.467 e. The van der Waals surface area contributed by atoms with Crippen LogP contribution in [0.25, 0.3) is 16.0 Å². The molecule has 0 aliphatic carbocycles. The highest BCUT2D eigenvalue weighted by Gasteiger charge is 2.20. The van der Waals surface area contributed by atoms with Crippen molar-refractivity contribution in [1.82, 2.24) is 14.1 Å². The number of ether oxygens (including phenoxy) is 1. The Morgan fingerprint density at radius 1 is 1.11 bits per heavy atom. The lowest BCUT2D eigenvalue weighted by Crippen LogP contribution is -2.23. The number of anilines is 1. The summed E-state index contributed by atoms with van der Waals surface area (Å²) in [6.45, 7) is 0.322. The molecule has 0 radical (unpaired) electrons. The lowest BCUT2D eigenvalue weighted by atomic mass is 10.2. The van der Waals surface area contributed by atoms with Crippen molar-refractivity contribution in [3.8, 4) is 5.69 Å². The fourth-order valence-electron chi connectivity index (χ4n) is 3.77. The van der Waals surface area contributed by atoms with Crippen LogP contribution in [-0.2, 0) is 16.1 Å². The third-order valence-electron chi connectivity index (χ3n) is 5.51. The Hall–Kier alpha value is -4.00. The smallest absolute Gasteiger partial charge is 0.339 e. The molecule has 1 N–H and O–H groups in total. The van der Waals surface area contributed by atoms with Gasteiger partial charge in [-0.2, -0.15) is 0 Å². The normalized spacial score (nSPS) is 11.0. The zero-order valence-electron chi connectivity index (χ0n) is 20.0. The van der Waals surface area contributed by atoms with Crippen LogP contribution in [0.1, 0.15) is 16.1 Å². The predicted molar refractivity (Wildman–Crippen MR) is 149 cm³/mol. The topological polar surface area (TPSA) is 108 Å². The minimum atomic E-state index is -0.558. The Kier molecular flexibility index (Phi) is 7.54. The van der Waals surface area contributed by atoms with E-state index in [-0.39, 0.29) is 22.8 Å². The average molecular weight is 565 g/mol. The van der Waals surface area contributed by atoms with E-state index in [1.807, 2.05) is 24.3 Å². The van der Waals surface area contributed by atoms with Gasteiger partial charge in [0.25, 0.3) is 5.56 Å². The molecular weight excluding hydrogens is 545 g/mol. The van der Waals surface area contributed by atoms with E-state index in [1.54, 1.807) is 53.3 Å². The first-order valence-corrected chi connectivity index (χ1v) is 13.5. The number of methoxy groups -OCH3 is 1. The number of esters is 1. The van der Waals surface area contributed by atoms with E-state index >= 15 is 0 Å². The van der Waals surface area contributed by atoms with Crippen molar-refractivity contribution in [2.24, 2.45) is 0 Å². The van der Waals surface area contributed by atoms with Crippen LogP contribution in [0, 0.1) is 3.95 Å². The third kappa shape index (κ3) is 5.19. The number of nitrogens with zero attached hydrogens (tertiary/aromatic N) is 3. The van der Waals surface area contributed by atoms with E-state index < -0.39 is 5.97 Å². The molecule has 0 aliphatic heterocycles. The van der Waals surface area contributed by atoms with Crippen LogP contribution in [0.2, 0.25) is 0 Å². The van der Waals surface area contributed by atoms with Crippen molar-refractivity contribution in [1.29, 1.82) is 0 Å². The second kappa shape index (κ2) is 11.2. The molecule has 5 rings (SSSR count). The zero-order valence-corrected chi connectivity index (χ0v) is 22.4. The predicted octanol–water partition coefficient (Wildman–Crippen LogP) is 5.14. The van der Waals surface area contributed by atoms with E-state index in [9.17, 15) is 14.4 Å². The summed E-state index contributed by atoms with van der Waals surface area (Å²) in [6, 6.07) is 19.3. The number of nitrogens with one attached hydrogen (secondary N) is 1. The van der Waals surface area contributed by atoms with Gasteiger partial charge in [0.1, 0.15) is 10.5 Å². The molecule has 9 nitrogen and oxygen atoms in total. The first kappa shape index (κ1) is 25.6. The summed E-state index contributed by atoms with van der Waals surface area (Å²) in [5.41, 5.74) is 1.33. The second-order valence-corrected chi connectivity index (χ2v) is 10.5. The van der Waals surface area contributed by atoms with Gasteiger partial charge < -0.3 is 14.5 Å². The summed E-state index contributed by atoms with van der Waals surface area (Å²) >= 11 is 7.84. The minimum absolute atomic E-state index is 0.0661. The Labute approximate surface area is 229 Å². The molecule has 0 bridgehead atoms. The monoisotopic (exact) mass is 564 g/mol. The van der Waals surface area contributed by atoms with Gasteiger partial charge in [0.15, 0.2) is 14.8 Å². The number of thioether (sulfide) groups is 1. The number of carbonyl (C=O) groups excluding carboxylic acids is 2. The number of para-hydroxylation sites is 2. The fourth-order valence-corrected chi connectivity index (χ4v) is 5.84. The molecule has 12 heteroatoms. The molecule has 0 unspecified atom stereocenters. The highest BCUT2D eigenvalue weighted by atomic mass is 32.2. The summed E-state index contributed by atoms with van der Waals surface area (Å²) in [6.07, 6.45) is 1.57. The van der Waals surface area contributed by atoms with Crippen LogP contribution < -0.4 is 10.9 Å². The average Bonchev–Trinajstić information content (AvgIpc) is 3.56. The van der Waals surface area contributed by atoms with Crippen molar-refractivity contribution >= 4 is 63.2 Å². The molecular formula is C26H20N4O5S3. The number of hydrogen-bond acceptors (Lipinski definition) is 9. The lowest BCUT2D eigenvalue weighted by Gasteiger charge is -2.13. The van der Waals surface area contributed by atoms with Crippen molar-refractivity contribution < 1.29 is 18.7 Å². The maximum atomic E-state index is 13.7. The number of rotatable bonds is 8. The van der Waals surface area contributed by atoms with Crippen LogP contribution in [0.15, 0.2) is 87.4 Å². The number of thiazole rings is 1. The summed E-state index contributed by atoms with van der Waals surface area (Å²) in [5.74, 6) is -0.328. The van der Waals surface area contributed by atoms with Gasteiger partial charge in [-0.25, -0.2) is 9.78 Å². The second-order valence-electron chi connectivity index (χ2n) is 7.93. The quantitative estimate of drug-likeness (QED) is 0.120. The zero-order chi connectivity index (χ0) is 26.6. The van der Waals surface area contributed by atoms with Crippen molar-refractivity contribution in [3.63, 3.8) is 0 Å². The highest BCUT2D eigenvalue weighted by molar-refractivity contribution is 7.99. The van der Waals surface area contributed by atoms with E-state index in [1.165, 1.54) is 23.0 Å². The van der Waals surface area contributed by atoms with Gasteiger partial charge in [0.2, 0.25) is 5.91 Å². The molecule has 38 heavy (non-hydrogen) atoms. The van der Waals surface area contributed by atoms with Crippen molar-refractivity contribution in [2.75, 3.05) is 18.2 Å². The Morgan fingerprint density at radius 2 is 1.87 bits per heavy atom. The van der Waals surface area contributed by atoms with E-state index in [0.29, 0.717) is 43.1 Å². The molecule has 0 spiro atoms. The van der Waals surface area contributed by atoms with Gasteiger partial charge in [0, 0.05) is 0 Å². The molecule has 0 saturated carbocycles. The first-order valence-electron chi connectivity index (χ1n) is 11.3. The van der Waals surface area contributed by atoms with Gasteiger partial charge in [0.05, 0.1) is 42.6 Å². The molecule has 0 saturated heterocycles. The van der Waals surface area contributed by atoms with Gasteiger partial charge >= 0.3 is 5.97 Å². The Balaban J connectivity index is 1.51. The SMILES string of the molecule is COC(=O)c1ccccc1NC(=O)CSc1nc2c(sc(=S)n2Cc2ccco2)c(=O)n1-c1ccccc1. The number of carbonyl (C=O) groups is 2. The Morgan fingerprint density at radius 3 is 2.61 bits per heavy atom. The van der Waals surface area contributed by atoms with Crippen molar-refractivity contribution in [2.45, 2.75) is 11.7 Å². The van der Waals surface area contributed by atoms with Gasteiger partial charge in [-0.05, 0) is 48.6 Å². The summed E-state index contributed by atoms with van der Waals surface area (Å²) in [4.78, 5) is 43.4. The summed E-state index contributed by atoms with van der Waals surface area (Å²) < 4.78 is 14.4. The number of aromatic nitrogens is 3. The molecule has 3 heterocycles. The molecule has 0 aliphatic rings. The Bertz CT molecular complexity index is 1740. The van der Waals surface area contributed by atoms with E-state index in [4.69, 9.17) is 26.4 Å². The summed E-state index contributed by atoms with van der Waals surface area (Å²) in [7, 11) is 1.28. The van der Waals surface area contributed by atoms with Crippen LogP contribution in [0.5, 0.6) is 0 Å². The van der Waals surface area contributed by atoms with Crippen LogP contribution in [-0.4, -0.2) is 38.9 Å². The third-order valence-corrected chi connectivity index (χ3v) is 7.87. The number of fused-ring (bicyclic) bond motifs is 1. The maximum absolute atomic E-state index is 13.7. The van der Waals surface area contributed by atoms with Crippen LogP contribution >= 0.6 is 35.3 Å². The van der Waals surface area contributed by atoms with Gasteiger partial charge in [-0.3, -0.25) is 18.7 Å². The number of benzene rings is 2. The maximum Gasteiger partial charge on any atom is 0.339 e. The molecule has 0 fully saturated rings. The number of furan rings is 1. The molecule has 5 aromatic rings. The first-order chi connectivity index (χ1) is 18.5. The molecule has 3 aromatic heterocycles. The number of amides is 1. The highest BCUT2D eigenvalue weighted by Crippen LogP contribution is 2.26. The molecule has 192 valence electrons. The van der Waals surface area contributed by atoms with Gasteiger partial charge in [-0.1, -0.05) is 53.4 Å². The molecule has 0 atom stereocenters. The largest absolute Gasteiger partial charge is 0.467 e. The van der Waals surface area contributed by atoms with Gasteiger partial charge in [-0.15, -0.1) is 0 Å². The van der Waals surface area contributed by atoms with Crippen LogP contribution in [0.3, 0.4) is 0 Å².